The molecule has 8 heteroatoms. The Kier molecular flexibility index (Phi) is 9.66. The average molecular weight is 474 g/mol. The molecule has 1 amide bonds. The fourth-order valence-corrected chi connectivity index (χ4v) is 4.20. The first-order valence-electron chi connectivity index (χ1n) is 10.9. The number of aryl methyl sites for hydroxylation is 1. The summed E-state index contributed by atoms with van der Waals surface area (Å²) < 4.78 is 5.33. The molecule has 0 aliphatic rings. The number of amides is 1. The van der Waals surface area contributed by atoms with Crippen molar-refractivity contribution in [1.29, 1.82) is 0 Å². The fourth-order valence-electron chi connectivity index (χ4n) is 3.17. The lowest BCUT2D eigenvalue weighted by atomic mass is 10.00. The Morgan fingerprint density at radius 1 is 1.21 bits per heavy atom. The molecule has 2 rings (SSSR count). The Hall–Kier alpha value is -3.13. The highest BCUT2D eigenvalue weighted by molar-refractivity contribution is 7.12. The van der Waals surface area contributed by atoms with Crippen LogP contribution in [-0.4, -0.2) is 22.1 Å². The maximum Gasteiger partial charge on any atom is 0.408 e. The second-order valence-electron chi connectivity index (χ2n) is 8.42. The normalized spacial score (nSPS) is 12.9. The summed E-state index contributed by atoms with van der Waals surface area (Å²) in [4.78, 5) is 37.9. The second-order valence-corrected chi connectivity index (χ2v) is 9.62. The van der Waals surface area contributed by atoms with Gasteiger partial charge in [-0.05, 0) is 62.3 Å². The number of Topliss-reactive ketones (excluding diaryl/α,β-unsaturated/α-hetero) is 1. The Labute approximate surface area is 197 Å². The minimum Gasteiger partial charge on any atom is -0.507 e. The molecule has 3 N–H and O–H groups in total. The van der Waals surface area contributed by atoms with Gasteiger partial charge < -0.3 is 14.6 Å². The summed E-state index contributed by atoms with van der Waals surface area (Å²) in [6.45, 7) is 7.79. The van der Waals surface area contributed by atoms with Crippen molar-refractivity contribution in [3.8, 4) is 5.75 Å². The molecule has 0 radical (unpaired) electrons. The van der Waals surface area contributed by atoms with E-state index >= 15 is 0 Å². The molecular weight excluding hydrogens is 442 g/mol. The van der Waals surface area contributed by atoms with Gasteiger partial charge in [-0.2, -0.15) is 0 Å². The highest BCUT2D eigenvalue weighted by Crippen LogP contribution is 2.27. The highest BCUT2D eigenvalue weighted by atomic mass is 32.1. The summed E-state index contributed by atoms with van der Waals surface area (Å²) in [7, 11) is 0. The molecule has 178 valence electrons. The first-order valence-corrected chi connectivity index (χ1v) is 11.7. The molecule has 33 heavy (non-hydrogen) atoms. The first-order chi connectivity index (χ1) is 15.6. The average Bonchev–Trinajstić information content (AvgIpc) is 3.18. The molecule has 0 spiro atoms. The van der Waals surface area contributed by atoms with Gasteiger partial charge in [0.25, 0.3) is 0 Å². The Morgan fingerprint density at radius 2 is 1.94 bits per heavy atom. The zero-order chi connectivity index (χ0) is 24.5. The van der Waals surface area contributed by atoms with Crippen molar-refractivity contribution in [2.75, 3.05) is 0 Å². The van der Waals surface area contributed by atoms with Crippen LogP contribution in [-0.2, 0) is 6.42 Å². The van der Waals surface area contributed by atoms with Crippen molar-refractivity contribution in [1.82, 2.24) is 5.32 Å². The molecule has 2 aromatic rings. The Balaban J connectivity index is 2.11. The Morgan fingerprint density at radius 3 is 2.58 bits per heavy atom. The molecule has 1 atom stereocenters. The summed E-state index contributed by atoms with van der Waals surface area (Å²) in [5.74, 6) is -0.303. The van der Waals surface area contributed by atoms with E-state index in [1.165, 1.54) is 17.1 Å². The lowest BCUT2D eigenvalue weighted by Crippen LogP contribution is -2.16. The van der Waals surface area contributed by atoms with Crippen molar-refractivity contribution < 1.29 is 24.2 Å². The Bertz CT molecular complexity index is 1090. The fraction of sp³-hybridized carbons (Fsp3) is 0.400. The van der Waals surface area contributed by atoms with Crippen molar-refractivity contribution in [2.45, 2.75) is 59.3 Å². The lowest BCUT2D eigenvalue weighted by molar-refractivity contribution is 0.102. The minimum atomic E-state index is -1.15. The van der Waals surface area contributed by atoms with E-state index in [-0.39, 0.29) is 17.2 Å². The van der Waals surface area contributed by atoms with Crippen LogP contribution < -0.4 is 10.9 Å². The number of hydrogen-bond donors (Lipinski definition) is 3. The van der Waals surface area contributed by atoms with Gasteiger partial charge in [0, 0.05) is 27.9 Å². The van der Waals surface area contributed by atoms with Gasteiger partial charge in [-0.1, -0.05) is 26.8 Å². The van der Waals surface area contributed by atoms with Crippen molar-refractivity contribution >= 4 is 29.3 Å². The van der Waals surface area contributed by atoms with E-state index in [4.69, 9.17) is 9.52 Å². The summed E-state index contributed by atoms with van der Waals surface area (Å²) in [5, 5.41) is 21.0. The molecule has 7 nitrogen and oxygen atoms in total. The number of nitrogens with one attached hydrogen (secondary N) is 1. The van der Waals surface area contributed by atoms with E-state index < -0.39 is 23.3 Å². The molecule has 0 bridgehead atoms. The number of ketones is 1. The topological polar surface area (TPSA) is 117 Å². The van der Waals surface area contributed by atoms with Gasteiger partial charge in [-0.15, -0.1) is 11.3 Å². The summed E-state index contributed by atoms with van der Waals surface area (Å²) in [5.41, 5.74) is -0.907. The quantitative estimate of drug-likeness (QED) is 0.274. The van der Waals surface area contributed by atoms with Crippen molar-refractivity contribution in [3.63, 3.8) is 0 Å². The SMILES string of the molecule is C/C(=C\c1ccc(CCC(C)C)s1)C(=O)c1c(O)cc(C(C)CCC=CNC(=O)O)oc1=O. The largest absolute Gasteiger partial charge is 0.507 e. The van der Waals surface area contributed by atoms with Gasteiger partial charge in [0.1, 0.15) is 17.1 Å². The van der Waals surface area contributed by atoms with Gasteiger partial charge in [0.05, 0.1) is 0 Å². The van der Waals surface area contributed by atoms with E-state index in [1.807, 2.05) is 19.1 Å². The number of hydrogen-bond acceptors (Lipinski definition) is 6. The molecule has 0 aliphatic carbocycles. The summed E-state index contributed by atoms with van der Waals surface area (Å²) in [6.07, 6.45) is 6.71. The smallest absolute Gasteiger partial charge is 0.408 e. The van der Waals surface area contributed by atoms with E-state index in [9.17, 15) is 19.5 Å². The second kappa shape index (κ2) is 12.2. The van der Waals surface area contributed by atoms with Gasteiger partial charge in [0.15, 0.2) is 5.78 Å². The molecule has 1 unspecified atom stereocenters. The van der Waals surface area contributed by atoms with Crippen LogP contribution in [0.25, 0.3) is 6.08 Å². The van der Waals surface area contributed by atoms with Gasteiger partial charge >= 0.3 is 11.7 Å². The summed E-state index contributed by atoms with van der Waals surface area (Å²) in [6, 6.07) is 5.30. The van der Waals surface area contributed by atoms with E-state index in [2.05, 4.69) is 19.2 Å². The molecule has 0 aromatic carbocycles. The van der Waals surface area contributed by atoms with Crippen LogP contribution in [0.4, 0.5) is 4.79 Å². The molecule has 0 saturated heterocycles. The standard InChI is InChI=1S/C25H31NO6S/c1-15(2)8-9-18-10-11-19(33-18)13-17(4)23(28)22-20(27)14-21(32-24(22)29)16(3)7-5-6-12-26-25(30)31/h6,10-16,26-27H,5,7-9H2,1-4H3,(H,30,31)/b12-6?,17-13+. The van der Waals surface area contributed by atoms with Crippen LogP contribution >= 0.6 is 11.3 Å². The van der Waals surface area contributed by atoms with Crippen molar-refractivity contribution in [3.05, 3.63) is 67.5 Å². The zero-order valence-corrected chi connectivity index (χ0v) is 20.2. The zero-order valence-electron chi connectivity index (χ0n) is 19.4. The third-order valence-corrected chi connectivity index (χ3v) is 6.21. The molecule has 2 aromatic heterocycles. The maximum atomic E-state index is 12.8. The number of carbonyl (C=O) groups is 2. The summed E-state index contributed by atoms with van der Waals surface area (Å²) >= 11 is 1.61. The molecule has 0 saturated carbocycles. The van der Waals surface area contributed by atoms with E-state index in [1.54, 1.807) is 30.4 Å². The number of thiophene rings is 1. The van der Waals surface area contributed by atoms with Gasteiger partial charge in [-0.3, -0.25) is 10.1 Å². The lowest BCUT2D eigenvalue weighted by Gasteiger charge is -2.11. The van der Waals surface area contributed by atoms with Crippen LogP contribution in [0.5, 0.6) is 5.75 Å². The van der Waals surface area contributed by atoms with Crippen LogP contribution in [0.3, 0.4) is 0 Å². The van der Waals surface area contributed by atoms with Gasteiger partial charge in [0.2, 0.25) is 0 Å². The molecular formula is C25H31NO6S. The third kappa shape index (κ3) is 8.05. The molecule has 2 heterocycles. The van der Waals surface area contributed by atoms with Crippen LogP contribution in [0.2, 0.25) is 0 Å². The van der Waals surface area contributed by atoms with Gasteiger partial charge in [-0.25, -0.2) is 9.59 Å². The predicted molar refractivity (Wildman–Crippen MR) is 130 cm³/mol. The number of aromatic hydroxyl groups is 1. The number of rotatable bonds is 11. The minimum absolute atomic E-state index is 0.214. The number of allylic oxidation sites excluding steroid dienone is 2. The monoisotopic (exact) mass is 473 g/mol. The van der Waals surface area contributed by atoms with E-state index in [0.29, 0.717) is 24.3 Å². The van der Waals surface area contributed by atoms with Crippen LogP contribution in [0.1, 0.15) is 78.7 Å². The first kappa shape index (κ1) is 26.1. The van der Waals surface area contributed by atoms with E-state index in [0.717, 1.165) is 17.7 Å². The number of carbonyl (C=O) groups excluding carboxylic acids is 1. The number of carboxylic acid groups (broad SMARTS) is 1. The highest BCUT2D eigenvalue weighted by Gasteiger charge is 2.22. The van der Waals surface area contributed by atoms with Crippen LogP contribution in [0, 0.1) is 5.92 Å². The third-order valence-electron chi connectivity index (χ3n) is 5.12. The molecule has 0 aliphatic heterocycles. The van der Waals surface area contributed by atoms with Crippen LogP contribution in [0.15, 0.2) is 45.3 Å². The maximum absolute atomic E-state index is 12.8. The predicted octanol–water partition coefficient (Wildman–Crippen LogP) is 5.95. The molecule has 0 fully saturated rings. The van der Waals surface area contributed by atoms with Crippen molar-refractivity contribution in [2.24, 2.45) is 5.92 Å².